The van der Waals surface area contributed by atoms with Crippen LogP contribution in [-0.4, -0.2) is 50.6 Å². The first-order valence-corrected chi connectivity index (χ1v) is 4.05. The van der Waals surface area contributed by atoms with Crippen molar-refractivity contribution >= 4 is 11.8 Å². The molecule has 0 aliphatic heterocycles. The van der Waals surface area contributed by atoms with Crippen LogP contribution in [0.2, 0.25) is 0 Å². The summed E-state index contributed by atoms with van der Waals surface area (Å²) in [5.41, 5.74) is -0.508. The minimum atomic E-state index is -0.844. The largest absolute Gasteiger partial charge is 0.762 e. The van der Waals surface area contributed by atoms with E-state index in [1.54, 1.807) is 0 Å². The van der Waals surface area contributed by atoms with Crippen molar-refractivity contribution in [3.8, 4) is 6.07 Å². The number of nitrogens with zero attached hydrogens (tertiary/aromatic N) is 3. The van der Waals surface area contributed by atoms with Gasteiger partial charge in [-0.1, -0.05) is 0 Å². The second-order valence-corrected chi connectivity index (χ2v) is 3.75. The highest BCUT2D eigenvalue weighted by Crippen LogP contribution is 1.94. The molecule has 0 heterocycles. The maximum Gasteiger partial charge on any atom is 0.355 e. The van der Waals surface area contributed by atoms with Crippen LogP contribution in [0.25, 0.3) is 5.41 Å². The molecule has 0 radical (unpaired) electrons. The molecule has 0 N–H and O–H groups in total. The van der Waals surface area contributed by atoms with Gasteiger partial charge in [-0.3, -0.25) is 0 Å². The van der Waals surface area contributed by atoms with Crippen molar-refractivity contribution in [1.82, 2.24) is 0 Å². The fourth-order valence-corrected chi connectivity index (χ4v) is 0.601. The highest BCUT2D eigenvalue weighted by atomic mass is 16.5. The quantitative estimate of drug-likeness (QED) is 0.207. The van der Waals surface area contributed by atoms with Crippen LogP contribution < -0.4 is 0 Å². The number of carbonyl (C=O) groups is 1. The summed E-state index contributed by atoms with van der Waals surface area (Å²) in [5, 5.41) is 16.7. The van der Waals surface area contributed by atoms with Gasteiger partial charge in [0.1, 0.15) is 19.2 Å². The topological polar surface area (TPSA) is 72.4 Å². The van der Waals surface area contributed by atoms with Gasteiger partial charge >= 0.3 is 5.97 Å². The Labute approximate surface area is 83.3 Å². The second kappa shape index (κ2) is 5.18. The summed E-state index contributed by atoms with van der Waals surface area (Å²) >= 11 is 0. The van der Waals surface area contributed by atoms with Gasteiger partial charge in [0.05, 0.1) is 21.1 Å². The number of hydrogen-bond acceptors (Lipinski definition) is 3. The maximum absolute atomic E-state index is 11.0. The number of carbonyl (C=O) groups excluding carboxylic acids is 1. The van der Waals surface area contributed by atoms with Crippen molar-refractivity contribution < 1.29 is 14.0 Å². The zero-order valence-electron chi connectivity index (χ0n) is 8.57. The van der Waals surface area contributed by atoms with Crippen LogP contribution in [0.5, 0.6) is 0 Å². The third kappa shape index (κ3) is 5.09. The summed E-state index contributed by atoms with van der Waals surface area (Å²) in [6.07, 6.45) is 0. The summed E-state index contributed by atoms with van der Waals surface area (Å²) in [5.74, 6) is 0.631. The number of quaternary nitrogens is 1. The minimum absolute atomic E-state index is 0.204. The predicted octanol–water partition coefficient (Wildman–Crippen LogP) is -0.0751. The van der Waals surface area contributed by atoms with E-state index in [2.05, 4.69) is 0 Å². The Morgan fingerprint density at radius 3 is 2.43 bits per heavy atom. The third-order valence-corrected chi connectivity index (χ3v) is 1.42. The number of hydrogen-bond donors (Lipinski definition) is 0. The highest BCUT2D eigenvalue weighted by Gasteiger charge is 2.11. The molecule has 0 fully saturated rings. The highest BCUT2D eigenvalue weighted by molar-refractivity contribution is 6.02. The van der Waals surface area contributed by atoms with Gasteiger partial charge in [-0.2, -0.15) is 5.26 Å². The molecule has 0 aliphatic rings. The molecule has 0 unspecified atom stereocenters. The van der Waals surface area contributed by atoms with E-state index in [9.17, 15) is 4.79 Å². The van der Waals surface area contributed by atoms with Crippen LogP contribution in [0.1, 0.15) is 0 Å². The Bertz CT molecular complexity index is 303. The van der Waals surface area contributed by atoms with Gasteiger partial charge in [-0.05, 0) is 0 Å². The van der Waals surface area contributed by atoms with Crippen molar-refractivity contribution in [1.29, 1.82) is 5.26 Å². The normalized spacial score (nSPS) is 9.86. The Balaban J connectivity index is 4.01. The Morgan fingerprint density at radius 2 is 2.07 bits per heavy atom. The molecule has 0 aliphatic carbocycles. The smallest absolute Gasteiger partial charge is 0.355 e. The van der Waals surface area contributed by atoms with Crippen LogP contribution >= 0.6 is 0 Å². The summed E-state index contributed by atoms with van der Waals surface area (Å²) in [7, 11) is 5.85. The molecule has 5 nitrogen and oxygen atoms in total. The number of nitriles is 1. The van der Waals surface area contributed by atoms with Crippen LogP contribution in [0.4, 0.5) is 0 Å². The number of esters is 1. The summed E-state index contributed by atoms with van der Waals surface area (Å²) in [6, 6.07) is 1.48. The van der Waals surface area contributed by atoms with Gasteiger partial charge < -0.3 is 14.6 Å². The summed E-state index contributed by atoms with van der Waals surface area (Å²) < 4.78 is 5.38. The summed E-state index contributed by atoms with van der Waals surface area (Å²) in [4.78, 5) is 11.0. The molecule has 0 atom stereocenters. The maximum atomic E-state index is 11.0. The molecular weight excluding hydrogens is 182 g/mol. The predicted molar refractivity (Wildman–Crippen MR) is 51.4 cm³/mol. The van der Waals surface area contributed by atoms with Crippen LogP contribution in [0.3, 0.4) is 0 Å². The Morgan fingerprint density at radius 1 is 1.50 bits per heavy atom. The zero-order chi connectivity index (χ0) is 11.2. The van der Waals surface area contributed by atoms with Crippen LogP contribution in [0.15, 0.2) is 5.57 Å². The van der Waals surface area contributed by atoms with E-state index in [1.807, 2.05) is 21.1 Å². The van der Waals surface area contributed by atoms with Crippen molar-refractivity contribution in [3.05, 3.63) is 11.0 Å². The van der Waals surface area contributed by atoms with Gasteiger partial charge in [0.15, 0.2) is 5.57 Å². The molecule has 0 spiro atoms. The van der Waals surface area contributed by atoms with E-state index in [0.717, 1.165) is 0 Å². The van der Waals surface area contributed by atoms with E-state index in [-0.39, 0.29) is 6.61 Å². The van der Waals surface area contributed by atoms with Gasteiger partial charge in [-0.15, -0.1) is 0 Å². The molecule has 0 bridgehead atoms. The first-order chi connectivity index (χ1) is 6.40. The Kier molecular flexibility index (Phi) is 4.57. The fraction of sp³-hybridized carbons (Fsp3) is 0.556. The first-order valence-electron chi connectivity index (χ1n) is 4.05. The zero-order valence-corrected chi connectivity index (χ0v) is 8.57. The number of ether oxygens (including phenoxy) is 1. The Hall–Kier alpha value is -1.63. The monoisotopic (exact) mass is 195 g/mol. The van der Waals surface area contributed by atoms with Crippen molar-refractivity contribution in [2.75, 3.05) is 34.3 Å². The SMILES string of the molecule is C[N+](C)(C)CCOC(=O)C(=C=[N-])C#N. The van der Waals surface area contributed by atoms with Gasteiger partial charge in [-0.25, -0.2) is 10.7 Å². The molecule has 5 heteroatoms. The molecule has 0 aromatic rings. The second-order valence-electron chi connectivity index (χ2n) is 3.75. The lowest BCUT2D eigenvalue weighted by atomic mass is 10.3. The third-order valence-electron chi connectivity index (χ3n) is 1.42. The van der Waals surface area contributed by atoms with E-state index < -0.39 is 11.5 Å². The summed E-state index contributed by atoms with van der Waals surface area (Å²) in [6.45, 7) is 0.838. The van der Waals surface area contributed by atoms with Gasteiger partial charge in [0, 0.05) is 0 Å². The lowest BCUT2D eigenvalue weighted by molar-refractivity contribution is -0.870. The average molecular weight is 195 g/mol. The molecular formula is C9H13N3O2. The molecule has 0 amide bonds. The van der Waals surface area contributed by atoms with Gasteiger partial charge in [0.25, 0.3) is 0 Å². The van der Waals surface area contributed by atoms with Crippen molar-refractivity contribution in [2.45, 2.75) is 0 Å². The van der Waals surface area contributed by atoms with E-state index >= 15 is 0 Å². The molecule has 0 aromatic carbocycles. The fourth-order valence-electron chi connectivity index (χ4n) is 0.601. The molecule has 0 aromatic heterocycles. The van der Waals surface area contributed by atoms with Crippen LogP contribution in [-0.2, 0) is 9.53 Å². The van der Waals surface area contributed by atoms with Crippen LogP contribution in [0, 0.1) is 11.3 Å². The van der Waals surface area contributed by atoms with Gasteiger partial charge in [0.2, 0.25) is 0 Å². The molecule has 0 saturated carbocycles. The number of likely N-dealkylation sites (N-methyl/N-ethyl adjacent to an activating group) is 1. The molecule has 0 rings (SSSR count). The van der Waals surface area contributed by atoms with E-state index in [1.165, 1.54) is 11.9 Å². The lowest BCUT2D eigenvalue weighted by Crippen LogP contribution is -2.38. The van der Waals surface area contributed by atoms with E-state index in [4.69, 9.17) is 15.4 Å². The first kappa shape index (κ1) is 12.4. The molecule has 76 valence electrons. The molecule has 0 saturated heterocycles. The average Bonchev–Trinajstić information content (AvgIpc) is 2.04. The lowest BCUT2D eigenvalue weighted by Gasteiger charge is -2.23. The van der Waals surface area contributed by atoms with E-state index in [0.29, 0.717) is 11.0 Å². The van der Waals surface area contributed by atoms with Crippen molar-refractivity contribution in [3.63, 3.8) is 0 Å². The number of rotatable bonds is 4. The van der Waals surface area contributed by atoms with Crippen molar-refractivity contribution in [2.24, 2.45) is 0 Å². The molecule has 14 heavy (non-hydrogen) atoms. The minimum Gasteiger partial charge on any atom is -0.762 e. The standard InChI is InChI=1S/C9H13N3O2/c1-12(2,3)4-5-14-9(13)8(6-10)7-11/h4-5H2,1-3H3.